The highest BCUT2D eigenvalue weighted by molar-refractivity contribution is 7.98. The first-order valence-corrected chi connectivity index (χ1v) is 9.91. The number of nitrogens with one attached hydrogen (secondary N) is 2. The predicted molar refractivity (Wildman–Crippen MR) is 110 cm³/mol. The average molecular weight is 388 g/mol. The van der Waals surface area contributed by atoms with E-state index in [-0.39, 0.29) is 11.8 Å². The van der Waals surface area contributed by atoms with Crippen molar-refractivity contribution < 1.29 is 14.3 Å². The number of thioether (sulfide) groups is 1. The van der Waals surface area contributed by atoms with Crippen LogP contribution in [0.4, 0.5) is 5.69 Å². The molecule has 0 aliphatic carbocycles. The van der Waals surface area contributed by atoms with Gasteiger partial charge in [0.1, 0.15) is 11.6 Å². The summed E-state index contributed by atoms with van der Waals surface area (Å²) in [6.45, 7) is 4.59. The molecule has 0 bridgehead atoms. The van der Waals surface area contributed by atoms with Gasteiger partial charge in [-0.2, -0.15) is 0 Å². The Balaban J connectivity index is 2.34. The molecular weight excluding hydrogens is 362 g/mol. The van der Waals surface area contributed by atoms with Gasteiger partial charge in [-0.25, -0.2) is 4.79 Å². The summed E-state index contributed by atoms with van der Waals surface area (Å²) in [7, 11) is 0. The van der Waals surface area contributed by atoms with E-state index in [2.05, 4.69) is 5.32 Å². The van der Waals surface area contributed by atoms with Crippen molar-refractivity contribution in [2.24, 2.45) is 5.73 Å². The monoisotopic (exact) mass is 387 g/mol. The van der Waals surface area contributed by atoms with Crippen molar-refractivity contribution >= 4 is 29.3 Å². The van der Waals surface area contributed by atoms with Crippen LogP contribution in [0.2, 0.25) is 0 Å². The third-order valence-electron chi connectivity index (χ3n) is 3.85. The summed E-state index contributed by atoms with van der Waals surface area (Å²) in [5.41, 5.74) is 7.64. The molecule has 0 heterocycles. The maximum absolute atomic E-state index is 12.6. The van der Waals surface area contributed by atoms with E-state index in [1.165, 1.54) is 0 Å². The maximum Gasteiger partial charge on any atom is 0.333 e. The first kappa shape index (κ1) is 20.6. The smallest absolute Gasteiger partial charge is 0.333 e. The Morgan fingerprint density at radius 3 is 2.44 bits per heavy atom. The highest BCUT2D eigenvalue weighted by Gasteiger charge is 2.23. The fourth-order valence-electron chi connectivity index (χ4n) is 2.56. The molecule has 1 atom stereocenters. The van der Waals surface area contributed by atoms with Crippen molar-refractivity contribution in [3.8, 4) is 5.75 Å². The Morgan fingerprint density at radius 2 is 1.89 bits per heavy atom. The van der Waals surface area contributed by atoms with Crippen LogP contribution < -0.4 is 15.8 Å². The van der Waals surface area contributed by atoms with Gasteiger partial charge in [-0.1, -0.05) is 6.07 Å². The van der Waals surface area contributed by atoms with E-state index >= 15 is 0 Å². The molecule has 0 spiro atoms. The van der Waals surface area contributed by atoms with Crippen LogP contribution in [0.1, 0.15) is 31.0 Å². The number of hydrogen-bond acceptors (Lipinski definition) is 6. The second-order valence-electron chi connectivity index (χ2n) is 5.66. The zero-order chi connectivity index (χ0) is 19.8. The van der Waals surface area contributed by atoms with E-state index in [9.17, 15) is 4.79 Å². The molecule has 2 aromatic carbocycles. The summed E-state index contributed by atoms with van der Waals surface area (Å²) in [5.74, 6) is 0.436. The molecule has 0 aromatic heterocycles. The molecule has 0 amide bonds. The topological polar surface area (TPSA) is 97.4 Å². The number of nitrogens with two attached hydrogens (primary N) is 1. The molecule has 0 fully saturated rings. The van der Waals surface area contributed by atoms with Gasteiger partial charge in [-0.15, -0.1) is 11.8 Å². The van der Waals surface area contributed by atoms with Gasteiger partial charge in [-0.05, 0) is 62.1 Å². The molecule has 7 heteroatoms. The van der Waals surface area contributed by atoms with Crippen LogP contribution in [0.15, 0.2) is 47.4 Å². The summed E-state index contributed by atoms with van der Waals surface area (Å²) in [6, 6.07) is 12.1. The molecule has 0 aliphatic rings. The molecule has 6 nitrogen and oxygen atoms in total. The lowest BCUT2D eigenvalue weighted by Crippen LogP contribution is -2.23. The van der Waals surface area contributed by atoms with Gasteiger partial charge < -0.3 is 20.5 Å². The van der Waals surface area contributed by atoms with E-state index in [0.29, 0.717) is 18.8 Å². The molecule has 0 aliphatic heterocycles. The molecule has 4 N–H and O–H groups in total. The highest BCUT2D eigenvalue weighted by atomic mass is 32.2. The number of ether oxygens (including phenoxy) is 2. The van der Waals surface area contributed by atoms with Crippen molar-refractivity contribution in [3.63, 3.8) is 0 Å². The van der Waals surface area contributed by atoms with Gasteiger partial charge in [0.2, 0.25) is 0 Å². The first-order chi connectivity index (χ1) is 13.0. The average Bonchev–Trinajstić information content (AvgIpc) is 2.67. The van der Waals surface area contributed by atoms with Gasteiger partial charge in [0.25, 0.3) is 0 Å². The number of anilines is 1. The van der Waals surface area contributed by atoms with E-state index in [4.69, 9.17) is 20.6 Å². The van der Waals surface area contributed by atoms with Crippen LogP contribution in [0.25, 0.3) is 0 Å². The Bertz CT molecular complexity index is 794. The van der Waals surface area contributed by atoms with Crippen LogP contribution in [0.5, 0.6) is 5.75 Å². The van der Waals surface area contributed by atoms with Crippen LogP contribution >= 0.6 is 11.8 Å². The third-order valence-corrected chi connectivity index (χ3v) is 4.61. The van der Waals surface area contributed by atoms with E-state index in [1.54, 1.807) is 43.0 Å². The largest absolute Gasteiger partial charge is 0.493 e. The fraction of sp³-hybridized carbons (Fsp3) is 0.300. The Kier molecular flexibility index (Phi) is 7.55. The summed E-state index contributed by atoms with van der Waals surface area (Å²) in [5, 5.41) is 10.7. The van der Waals surface area contributed by atoms with Crippen molar-refractivity contribution in [1.29, 1.82) is 5.41 Å². The maximum atomic E-state index is 12.6. The number of rotatable bonds is 9. The lowest BCUT2D eigenvalue weighted by atomic mass is 10.1. The number of nitrogen functional groups attached to an aromatic ring is 1. The number of carbonyl (C=O) groups is 1. The first-order valence-electron chi connectivity index (χ1n) is 8.68. The van der Waals surface area contributed by atoms with Gasteiger partial charge in [0.15, 0.2) is 6.04 Å². The van der Waals surface area contributed by atoms with Gasteiger partial charge in [0, 0.05) is 16.1 Å². The molecule has 144 valence electrons. The number of benzene rings is 2. The van der Waals surface area contributed by atoms with Crippen LogP contribution in [0.3, 0.4) is 0 Å². The lowest BCUT2D eigenvalue weighted by molar-refractivity contribution is -0.144. The van der Waals surface area contributed by atoms with Gasteiger partial charge in [-0.3, -0.25) is 5.41 Å². The molecule has 2 rings (SSSR count). The zero-order valence-corrected chi connectivity index (χ0v) is 16.6. The van der Waals surface area contributed by atoms with Crippen molar-refractivity contribution in [2.45, 2.75) is 24.8 Å². The van der Waals surface area contributed by atoms with Crippen molar-refractivity contribution in [3.05, 3.63) is 53.6 Å². The zero-order valence-electron chi connectivity index (χ0n) is 15.7. The Labute approximate surface area is 163 Å². The summed E-state index contributed by atoms with van der Waals surface area (Å²) >= 11 is 1.56. The van der Waals surface area contributed by atoms with Gasteiger partial charge in [0.05, 0.1) is 13.2 Å². The summed E-state index contributed by atoms with van der Waals surface area (Å²) in [4.78, 5) is 13.5. The van der Waals surface area contributed by atoms with E-state index in [1.807, 2.05) is 31.4 Å². The summed E-state index contributed by atoms with van der Waals surface area (Å²) < 4.78 is 10.9. The standard InChI is InChI=1S/C20H25N3O3S/c1-4-25-16-11-8-14(12-17(16)27-3)18(20(24)26-5-2)23-15-9-6-13(7-10-15)19(21)22/h6-12,18,23H,4-5H2,1-3H3,(H3,21,22). The SMILES string of the molecule is CCOC(=O)C(Nc1ccc(C(=N)N)cc1)c1ccc(OCC)c(SC)c1. The normalized spacial score (nSPS) is 11.5. The van der Waals surface area contributed by atoms with E-state index in [0.717, 1.165) is 21.9 Å². The minimum absolute atomic E-state index is 0.000354. The second kappa shape index (κ2) is 9.87. The van der Waals surface area contributed by atoms with Crippen LogP contribution in [-0.2, 0) is 9.53 Å². The highest BCUT2D eigenvalue weighted by Crippen LogP contribution is 2.32. The number of esters is 1. The predicted octanol–water partition coefficient (Wildman–Crippen LogP) is 3.81. The van der Waals surface area contributed by atoms with Crippen LogP contribution in [-0.4, -0.2) is 31.3 Å². The quantitative estimate of drug-likeness (QED) is 0.262. The summed E-state index contributed by atoms with van der Waals surface area (Å²) in [6.07, 6.45) is 1.97. The molecule has 0 saturated heterocycles. The number of amidine groups is 1. The Hall–Kier alpha value is -2.67. The van der Waals surface area contributed by atoms with Crippen LogP contribution in [0, 0.1) is 5.41 Å². The lowest BCUT2D eigenvalue weighted by Gasteiger charge is -2.20. The third kappa shape index (κ3) is 5.40. The molecule has 1 unspecified atom stereocenters. The Morgan fingerprint density at radius 1 is 1.19 bits per heavy atom. The molecule has 0 radical (unpaired) electrons. The minimum atomic E-state index is -0.658. The minimum Gasteiger partial charge on any atom is -0.493 e. The van der Waals surface area contributed by atoms with Gasteiger partial charge >= 0.3 is 5.97 Å². The molecule has 0 saturated carbocycles. The molecule has 27 heavy (non-hydrogen) atoms. The number of hydrogen-bond donors (Lipinski definition) is 3. The molecular formula is C20H25N3O3S. The second-order valence-corrected chi connectivity index (χ2v) is 6.51. The van der Waals surface area contributed by atoms with Crippen molar-refractivity contribution in [2.75, 3.05) is 24.8 Å². The number of carbonyl (C=O) groups excluding carboxylic acids is 1. The van der Waals surface area contributed by atoms with Crippen molar-refractivity contribution in [1.82, 2.24) is 0 Å². The fourth-order valence-corrected chi connectivity index (χ4v) is 3.14. The van der Waals surface area contributed by atoms with E-state index < -0.39 is 6.04 Å². The molecule has 2 aromatic rings.